The van der Waals surface area contributed by atoms with Crippen LogP contribution in [0.2, 0.25) is 5.02 Å². The molecule has 12 nitrogen and oxygen atoms in total. The zero-order valence-electron chi connectivity index (χ0n) is 23.0. The first kappa shape index (κ1) is 28.0. The lowest BCUT2D eigenvalue weighted by Gasteiger charge is -2.35. The van der Waals surface area contributed by atoms with E-state index in [0.29, 0.717) is 40.1 Å². The molecule has 1 spiro atoms. The molecule has 1 aromatic heterocycles. The van der Waals surface area contributed by atoms with Crippen LogP contribution >= 0.6 is 11.6 Å². The average molecular weight is 603 g/mol. The third-order valence-electron chi connectivity index (χ3n) is 7.84. The van der Waals surface area contributed by atoms with Crippen molar-refractivity contribution in [2.75, 3.05) is 30.4 Å². The fourth-order valence-corrected chi connectivity index (χ4v) is 5.82. The predicted octanol–water partition coefficient (Wildman–Crippen LogP) is 4.36. The monoisotopic (exact) mass is 602 g/mol. The van der Waals surface area contributed by atoms with Crippen LogP contribution in [0, 0.1) is 0 Å². The Labute approximate surface area is 250 Å². The molecule has 4 aromatic rings. The topological polar surface area (TPSA) is 157 Å². The van der Waals surface area contributed by atoms with Crippen LogP contribution in [0.25, 0.3) is 10.9 Å². The fraction of sp³-hybridized carbons (Fsp3) is 0.233. The van der Waals surface area contributed by atoms with Gasteiger partial charge in [-0.05, 0) is 42.0 Å². The van der Waals surface area contributed by atoms with Gasteiger partial charge in [0.15, 0.2) is 11.4 Å². The minimum Gasteiger partial charge on any atom is -0.465 e. The molecule has 2 aliphatic heterocycles. The fourth-order valence-electron chi connectivity index (χ4n) is 5.65. The number of ether oxygens (including phenoxy) is 1. The number of hydrogen-bond donors (Lipinski definition) is 4. The summed E-state index contributed by atoms with van der Waals surface area (Å²) in [6.07, 6.45) is -1.18. The molecule has 3 heterocycles. The number of rotatable bonds is 6. The average Bonchev–Trinajstić information content (AvgIpc) is 3.61. The molecule has 0 unspecified atom stereocenters. The van der Waals surface area contributed by atoms with E-state index in [1.807, 2.05) is 30.3 Å². The molecule has 0 saturated carbocycles. The largest absolute Gasteiger partial charge is 0.465 e. The SMILES string of the molecule is CN(C(=O)O)c1n[nH]c2cc(C(=O)N[C@@H](Cc3ccccc3)C(=O)N3CC[C@@]4(C3)OC(=O)Nc3ccc(Cl)cc34)ccc12. The van der Waals surface area contributed by atoms with Crippen molar-refractivity contribution in [1.29, 1.82) is 0 Å². The molecule has 6 rings (SSSR count). The first-order valence-electron chi connectivity index (χ1n) is 13.5. The number of carboxylic acid groups (broad SMARTS) is 1. The predicted molar refractivity (Wildman–Crippen MR) is 158 cm³/mol. The van der Waals surface area contributed by atoms with E-state index < -0.39 is 29.7 Å². The summed E-state index contributed by atoms with van der Waals surface area (Å²) in [5.41, 5.74) is 1.79. The number of carbonyl (C=O) groups is 4. The zero-order valence-corrected chi connectivity index (χ0v) is 23.7. The van der Waals surface area contributed by atoms with Crippen LogP contribution in [0.3, 0.4) is 0 Å². The number of aromatic amines is 1. The highest BCUT2D eigenvalue weighted by Crippen LogP contribution is 2.44. The van der Waals surface area contributed by atoms with E-state index in [2.05, 4.69) is 20.8 Å². The lowest BCUT2D eigenvalue weighted by Crippen LogP contribution is -2.50. The van der Waals surface area contributed by atoms with Gasteiger partial charge in [-0.2, -0.15) is 5.10 Å². The summed E-state index contributed by atoms with van der Waals surface area (Å²) in [6, 6.07) is 18.2. The van der Waals surface area contributed by atoms with E-state index in [-0.39, 0.29) is 30.3 Å². The molecular weight excluding hydrogens is 576 g/mol. The first-order valence-corrected chi connectivity index (χ1v) is 13.9. The molecular formula is C30H27ClN6O6. The molecule has 43 heavy (non-hydrogen) atoms. The first-order chi connectivity index (χ1) is 20.6. The van der Waals surface area contributed by atoms with E-state index in [0.717, 1.165) is 10.5 Å². The molecule has 0 radical (unpaired) electrons. The molecule has 1 saturated heterocycles. The Morgan fingerprint density at radius 2 is 1.95 bits per heavy atom. The number of nitrogens with zero attached hydrogens (tertiary/aromatic N) is 3. The number of benzene rings is 3. The summed E-state index contributed by atoms with van der Waals surface area (Å²) >= 11 is 6.27. The molecule has 0 aliphatic carbocycles. The van der Waals surface area contributed by atoms with Crippen LogP contribution in [-0.2, 0) is 21.6 Å². The van der Waals surface area contributed by atoms with Gasteiger partial charge in [0.1, 0.15) is 6.04 Å². The molecule has 0 bridgehead atoms. The van der Waals surface area contributed by atoms with Crippen molar-refractivity contribution < 1.29 is 29.0 Å². The second-order valence-corrected chi connectivity index (χ2v) is 11.0. The van der Waals surface area contributed by atoms with E-state index in [1.54, 1.807) is 41.3 Å². The molecule has 1 fully saturated rings. The molecule has 4 amide bonds. The van der Waals surface area contributed by atoms with Crippen molar-refractivity contribution in [3.63, 3.8) is 0 Å². The number of anilines is 2. The van der Waals surface area contributed by atoms with E-state index in [4.69, 9.17) is 16.3 Å². The standard InChI is InChI=1S/C30H27ClN6O6/c1-36(29(41)42)25-20-9-7-18(14-23(20)34-35-25)26(38)32-24(13-17-5-3-2-4-6-17)27(39)37-12-11-30(16-37)21-15-19(31)8-10-22(21)33-28(40)43-30/h2-10,14-15,24H,11-13,16H2,1H3,(H,32,38)(H,33,40)(H,34,35)(H,41,42)/t24-,30-/m0/s1. The van der Waals surface area contributed by atoms with Crippen LogP contribution in [0.1, 0.15) is 27.9 Å². The minimum absolute atomic E-state index is 0.105. The number of nitrogens with one attached hydrogen (secondary N) is 3. The van der Waals surface area contributed by atoms with Crippen LogP contribution in [0.5, 0.6) is 0 Å². The summed E-state index contributed by atoms with van der Waals surface area (Å²) in [5, 5.41) is 22.7. The summed E-state index contributed by atoms with van der Waals surface area (Å²) in [7, 11) is 1.37. The maximum atomic E-state index is 14.0. The van der Waals surface area contributed by atoms with Gasteiger partial charge in [0.25, 0.3) is 5.91 Å². The number of fused-ring (bicyclic) bond motifs is 3. The third-order valence-corrected chi connectivity index (χ3v) is 8.07. The van der Waals surface area contributed by atoms with Crippen LogP contribution in [0.15, 0.2) is 66.7 Å². The second-order valence-electron chi connectivity index (χ2n) is 10.6. The van der Waals surface area contributed by atoms with Crippen molar-refractivity contribution in [3.05, 3.63) is 88.4 Å². The van der Waals surface area contributed by atoms with Crippen molar-refractivity contribution in [3.8, 4) is 0 Å². The van der Waals surface area contributed by atoms with Crippen molar-refractivity contribution in [2.24, 2.45) is 0 Å². The smallest absolute Gasteiger partial charge is 0.412 e. The number of carbonyl (C=O) groups excluding carboxylic acids is 3. The van der Waals surface area contributed by atoms with Gasteiger partial charge < -0.3 is 20.1 Å². The highest BCUT2D eigenvalue weighted by molar-refractivity contribution is 6.30. The van der Waals surface area contributed by atoms with Gasteiger partial charge in [0, 0.05) is 48.0 Å². The number of halogens is 1. The number of likely N-dealkylation sites (tertiary alicyclic amines) is 1. The van der Waals surface area contributed by atoms with Gasteiger partial charge in [-0.25, -0.2) is 9.59 Å². The van der Waals surface area contributed by atoms with Crippen molar-refractivity contribution in [1.82, 2.24) is 20.4 Å². The second kappa shape index (κ2) is 11.0. The number of aromatic nitrogens is 2. The number of amides is 4. The maximum Gasteiger partial charge on any atom is 0.412 e. The molecule has 2 atom stereocenters. The molecule has 3 aromatic carbocycles. The zero-order chi connectivity index (χ0) is 30.3. The van der Waals surface area contributed by atoms with Crippen LogP contribution in [-0.4, -0.2) is 70.4 Å². The lowest BCUT2D eigenvalue weighted by molar-refractivity contribution is -0.133. The number of hydrogen-bond acceptors (Lipinski definition) is 6. The van der Waals surface area contributed by atoms with E-state index in [1.165, 1.54) is 7.05 Å². The third kappa shape index (κ3) is 5.32. The highest BCUT2D eigenvalue weighted by atomic mass is 35.5. The van der Waals surface area contributed by atoms with Crippen molar-refractivity contribution >= 4 is 58.0 Å². The molecule has 4 N–H and O–H groups in total. The quantitative estimate of drug-likeness (QED) is 0.255. The summed E-state index contributed by atoms with van der Waals surface area (Å²) < 4.78 is 5.78. The van der Waals surface area contributed by atoms with E-state index in [9.17, 15) is 24.3 Å². The number of H-pyrrole nitrogens is 1. The summed E-state index contributed by atoms with van der Waals surface area (Å²) in [4.78, 5) is 53.9. The molecule has 13 heteroatoms. The van der Waals surface area contributed by atoms with Gasteiger partial charge in [-0.3, -0.25) is 24.9 Å². The Bertz CT molecular complexity index is 1760. The van der Waals surface area contributed by atoms with Crippen LogP contribution in [0.4, 0.5) is 21.1 Å². The van der Waals surface area contributed by atoms with Gasteiger partial charge in [0.2, 0.25) is 5.91 Å². The van der Waals surface area contributed by atoms with Gasteiger partial charge >= 0.3 is 12.2 Å². The van der Waals surface area contributed by atoms with Gasteiger partial charge in [-0.15, -0.1) is 0 Å². The van der Waals surface area contributed by atoms with Crippen molar-refractivity contribution in [2.45, 2.75) is 24.5 Å². The summed E-state index contributed by atoms with van der Waals surface area (Å²) in [6.45, 7) is 0.410. The van der Waals surface area contributed by atoms with E-state index >= 15 is 0 Å². The Morgan fingerprint density at radius 1 is 1.16 bits per heavy atom. The Morgan fingerprint density at radius 3 is 2.72 bits per heavy atom. The van der Waals surface area contributed by atoms with Crippen LogP contribution < -0.4 is 15.5 Å². The lowest BCUT2D eigenvalue weighted by atomic mass is 9.90. The Hall–Kier alpha value is -5.10. The molecule has 2 aliphatic rings. The minimum atomic E-state index is -1.17. The Balaban J connectivity index is 1.26. The Kier molecular flexibility index (Phi) is 7.14. The normalized spacial score (nSPS) is 18.1. The summed E-state index contributed by atoms with van der Waals surface area (Å²) in [5.74, 6) is -0.602. The van der Waals surface area contributed by atoms with Gasteiger partial charge in [-0.1, -0.05) is 41.9 Å². The highest BCUT2D eigenvalue weighted by Gasteiger charge is 2.49. The van der Waals surface area contributed by atoms with Gasteiger partial charge in [0.05, 0.1) is 17.7 Å². The molecule has 220 valence electrons. The maximum absolute atomic E-state index is 14.0.